The third-order valence-electron chi connectivity index (χ3n) is 12.4. The molecular weight excluding hydrogens is 836 g/mol. The summed E-state index contributed by atoms with van der Waals surface area (Å²) in [6.07, 6.45) is 32.8. The zero-order chi connectivity index (χ0) is 36.4. The van der Waals surface area contributed by atoms with E-state index in [1.807, 2.05) is 0 Å². The van der Waals surface area contributed by atoms with Crippen molar-refractivity contribution in [3.05, 3.63) is 45.2 Å². The van der Waals surface area contributed by atoms with Crippen LogP contribution in [0.4, 0.5) is 0 Å². The molecule has 3 saturated heterocycles. The summed E-state index contributed by atoms with van der Waals surface area (Å²) < 4.78 is 0. The van der Waals surface area contributed by atoms with Crippen molar-refractivity contribution in [1.29, 1.82) is 0 Å². The van der Waals surface area contributed by atoms with Crippen LogP contribution in [0.15, 0.2) is 23.9 Å². The van der Waals surface area contributed by atoms with Crippen LogP contribution >= 0.6 is 23.5 Å². The minimum absolute atomic E-state index is 0. The largest absolute Gasteiger partial charge is 1.00 e. The van der Waals surface area contributed by atoms with Crippen LogP contribution in [0.3, 0.4) is 0 Å². The molecule has 2 saturated carbocycles. The van der Waals surface area contributed by atoms with Crippen LogP contribution in [0.25, 0.3) is 21.3 Å². The number of nitrogens with zero attached hydrogens (tertiary/aromatic N) is 6. The molecule has 2 aliphatic carbocycles. The molecule has 0 radical (unpaired) electrons. The molecule has 0 aromatic rings. The standard InChI is InChI=1S/C22H41N3S.C22H37N3S.2Cu.2H2O/c2*1-18-8-6-10-20(23-18)16-25(17-21-11-7-9-19(2)24-21)14-15-26-22-12-4-3-5-13-22;;;;/h18-22H,3-17H2,1-2H3;6,8,10,19-22H,3-5,7,9,11-17H2,1-2H3;;;2*1H2/q2*-2;2*+1;;. The first-order valence-electron chi connectivity index (χ1n) is 22.2. The van der Waals surface area contributed by atoms with E-state index < -0.39 is 0 Å². The van der Waals surface area contributed by atoms with E-state index in [0.29, 0.717) is 42.3 Å². The molecule has 0 spiro atoms. The smallest absolute Gasteiger partial charge is 0.681 e. The first-order chi connectivity index (χ1) is 25.4. The average Bonchev–Trinajstić information content (AvgIpc) is 3.13. The maximum absolute atomic E-state index is 5.05. The Labute approximate surface area is 374 Å². The fraction of sp³-hybridized carbons (Fsp3) is 0.909. The molecule has 8 nitrogen and oxygen atoms in total. The van der Waals surface area contributed by atoms with E-state index in [0.717, 1.165) is 29.3 Å². The Morgan fingerprint density at radius 2 is 0.929 bits per heavy atom. The van der Waals surface area contributed by atoms with Gasteiger partial charge in [-0.05, 0) is 51.9 Å². The Kier molecular flexibility index (Phi) is 30.9. The van der Waals surface area contributed by atoms with Gasteiger partial charge >= 0.3 is 34.1 Å². The van der Waals surface area contributed by atoms with Crippen LogP contribution in [0.5, 0.6) is 0 Å². The normalized spacial score (nSPS) is 30.0. The van der Waals surface area contributed by atoms with Crippen LogP contribution in [0.1, 0.15) is 150 Å². The van der Waals surface area contributed by atoms with E-state index in [2.05, 4.69) is 79.2 Å². The van der Waals surface area contributed by atoms with E-state index in [9.17, 15) is 0 Å². The van der Waals surface area contributed by atoms with Crippen molar-refractivity contribution in [2.45, 2.75) is 202 Å². The second-order valence-corrected chi connectivity index (χ2v) is 20.2. The van der Waals surface area contributed by atoms with Gasteiger partial charge in [0.05, 0.1) is 0 Å². The van der Waals surface area contributed by atoms with Crippen molar-refractivity contribution in [2.75, 3.05) is 50.8 Å². The number of allylic oxidation sites excluding steroid dienone is 3. The van der Waals surface area contributed by atoms with Crippen LogP contribution in [0.2, 0.25) is 0 Å². The summed E-state index contributed by atoms with van der Waals surface area (Å²) in [5, 5.41) is 21.8. The number of hydrogen-bond acceptors (Lipinski definition) is 4. The van der Waals surface area contributed by atoms with Gasteiger partial charge in [0.25, 0.3) is 0 Å². The molecule has 0 aromatic carbocycles. The van der Waals surface area contributed by atoms with Crippen molar-refractivity contribution in [3.8, 4) is 0 Å². The third kappa shape index (κ3) is 22.0. The van der Waals surface area contributed by atoms with Crippen molar-refractivity contribution < 1.29 is 45.1 Å². The first kappa shape index (κ1) is 54.8. The molecule has 4 heterocycles. The predicted octanol–water partition coefficient (Wildman–Crippen LogP) is 10.2. The second kappa shape index (κ2) is 31.6. The molecule has 0 aromatic heterocycles. The monoisotopic (exact) mass is 916 g/mol. The van der Waals surface area contributed by atoms with Crippen molar-refractivity contribution >= 4 is 23.5 Å². The molecule has 12 heteroatoms. The van der Waals surface area contributed by atoms with Crippen LogP contribution in [-0.2, 0) is 34.1 Å². The number of rotatable bonds is 16. The molecule has 0 bridgehead atoms. The second-order valence-electron chi connectivity index (χ2n) is 17.4. The number of hydrogen-bond donors (Lipinski definition) is 0. The Morgan fingerprint density at radius 1 is 0.536 bits per heavy atom. The maximum atomic E-state index is 5.05. The summed E-state index contributed by atoms with van der Waals surface area (Å²) in [5.41, 5.74) is 1.16. The van der Waals surface area contributed by atoms with Crippen LogP contribution < -0.4 is 0 Å². The molecule has 6 rings (SSSR count). The SMILES string of the molecule is CC1=CC=CC(CN(CCSC2CCCCC2)CC2CCCC(C)[N-]2)[N-]1.CC1CCCC(CN(CCSC2CCCCC2)CC2CCCC(C)[N-]2)[N-]1.O.O.[Cu+].[Cu+]. The molecule has 5 fully saturated rings. The summed E-state index contributed by atoms with van der Waals surface area (Å²) in [6, 6.07) is 3.69. The average molecular weight is 918 g/mol. The molecule has 56 heavy (non-hydrogen) atoms. The van der Waals surface area contributed by atoms with Gasteiger partial charge in [0.2, 0.25) is 0 Å². The van der Waals surface area contributed by atoms with Gasteiger partial charge in [-0.25, -0.2) is 0 Å². The molecule has 4 N–H and O–H groups in total. The summed E-state index contributed by atoms with van der Waals surface area (Å²) in [4.78, 5) is 5.38. The van der Waals surface area contributed by atoms with E-state index in [1.165, 1.54) is 160 Å². The minimum atomic E-state index is 0. The van der Waals surface area contributed by atoms with Gasteiger partial charge < -0.3 is 42.0 Å². The Morgan fingerprint density at radius 3 is 1.30 bits per heavy atom. The van der Waals surface area contributed by atoms with E-state index in [-0.39, 0.29) is 45.1 Å². The van der Waals surface area contributed by atoms with Crippen molar-refractivity contribution in [2.24, 2.45) is 0 Å². The summed E-state index contributed by atoms with van der Waals surface area (Å²) in [6.45, 7) is 15.9. The van der Waals surface area contributed by atoms with E-state index in [4.69, 9.17) is 21.3 Å². The van der Waals surface area contributed by atoms with E-state index >= 15 is 0 Å². The Hall–Kier alpha value is 0.739. The van der Waals surface area contributed by atoms with Gasteiger partial charge in [-0.2, -0.15) is 29.2 Å². The third-order valence-corrected chi connectivity index (χ3v) is 15.1. The quantitative estimate of drug-likeness (QED) is 0.143. The van der Waals surface area contributed by atoms with Gasteiger partial charge in [-0.1, -0.05) is 148 Å². The van der Waals surface area contributed by atoms with Gasteiger partial charge in [0.15, 0.2) is 0 Å². The zero-order valence-electron chi connectivity index (χ0n) is 35.6. The minimum Gasteiger partial charge on any atom is -0.681 e. The fourth-order valence-corrected chi connectivity index (χ4v) is 12.2. The molecule has 6 aliphatic rings. The summed E-state index contributed by atoms with van der Waals surface area (Å²) in [7, 11) is 0. The molecule has 7 unspecified atom stereocenters. The summed E-state index contributed by atoms with van der Waals surface area (Å²) >= 11 is 4.47. The first-order valence-corrected chi connectivity index (χ1v) is 24.3. The van der Waals surface area contributed by atoms with Crippen molar-refractivity contribution in [1.82, 2.24) is 9.80 Å². The predicted molar refractivity (Wildman–Crippen MR) is 240 cm³/mol. The van der Waals surface area contributed by atoms with Crippen molar-refractivity contribution in [3.63, 3.8) is 0 Å². The summed E-state index contributed by atoms with van der Waals surface area (Å²) in [5.74, 6) is 2.56. The topological polar surface area (TPSA) is 126 Å². The van der Waals surface area contributed by atoms with Crippen LogP contribution in [-0.4, -0.2) is 124 Å². The van der Waals surface area contributed by atoms with Gasteiger partial charge in [0.1, 0.15) is 0 Å². The molecule has 4 aliphatic heterocycles. The molecule has 7 atom stereocenters. The molecule has 336 valence electrons. The zero-order valence-corrected chi connectivity index (χ0v) is 39.1. The van der Waals surface area contributed by atoms with Crippen LogP contribution in [0, 0.1) is 0 Å². The molecule has 0 amide bonds. The van der Waals surface area contributed by atoms with Gasteiger partial charge in [0, 0.05) is 35.1 Å². The molecular formula is C44H82Cu2N6O2S2-2. The number of thioether (sulfide) groups is 2. The van der Waals surface area contributed by atoms with Gasteiger partial charge in [-0.15, -0.1) is 36.3 Å². The van der Waals surface area contributed by atoms with E-state index in [1.54, 1.807) is 0 Å². The Balaban J connectivity index is 0.000000523. The maximum Gasteiger partial charge on any atom is 1.00 e. The fourth-order valence-electron chi connectivity index (χ4n) is 9.49. The number of piperidine rings is 3. The Bertz CT molecular complexity index is 1010. The van der Waals surface area contributed by atoms with Gasteiger partial charge in [-0.3, -0.25) is 0 Å².